The van der Waals surface area contributed by atoms with Crippen molar-refractivity contribution in [3.63, 3.8) is 0 Å². The minimum Gasteiger partial charge on any atom is -0.741 e. The van der Waals surface area contributed by atoms with Crippen molar-refractivity contribution in [1.82, 2.24) is 0 Å². The number of alkyl halides is 3. The molecule has 1 fully saturated rings. The lowest BCUT2D eigenvalue weighted by Crippen LogP contribution is -2.33. The van der Waals surface area contributed by atoms with Crippen LogP contribution < -0.4 is 14.2 Å². The summed E-state index contributed by atoms with van der Waals surface area (Å²) in [5, 5.41) is 1.25. The monoisotopic (exact) mass is 514 g/mol. The van der Waals surface area contributed by atoms with Gasteiger partial charge in [-0.25, -0.2) is 8.42 Å². The van der Waals surface area contributed by atoms with E-state index in [4.69, 9.17) is 17.7 Å². The van der Waals surface area contributed by atoms with Gasteiger partial charge in [0.05, 0.1) is 7.11 Å². The average Bonchev–Trinajstić information content (AvgIpc) is 3.44. The predicted molar refractivity (Wildman–Crippen MR) is 127 cm³/mol. The van der Waals surface area contributed by atoms with Crippen molar-refractivity contribution in [2.75, 3.05) is 25.1 Å². The lowest BCUT2D eigenvalue weighted by Gasteiger charge is -2.17. The molecule has 11 heteroatoms. The van der Waals surface area contributed by atoms with Crippen LogP contribution in [-0.2, 0) is 16.7 Å². The molecule has 184 valence electrons. The Labute approximate surface area is 200 Å². The molecule has 0 atom stereocenters. The van der Waals surface area contributed by atoms with Crippen LogP contribution in [0.1, 0.15) is 30.3 Å². The van der Waals surface area contributed by atoms with Crippen LogP contribution in [0.15, 0.2) is 42.5 Å². The van der Waals surface area contributed by atoms with Crippen LogP contribution in [0.3, 0.4) is 0 Å². The number of anilines is 1. The van der Waals surface area contributed by atoms with Gasteiger partial charge < -0.3 is 14.2 Å². The number of aromatic nitrogens is 1. The van der Waals surface area contributed by atoms with E-state index in [9.17, 15) is 13.2 Å². The van der Waals surface area contributed by atoms with E-state index in [0.29, 0.717) is 0 Å². The molecule has 1 aliphatic heterocycles. The SMILES string of the molecule is CC[n+]1c(/C=C/c2ccc(N3CCCC3)cc2)sc2cccc(OC)c21.O=S(=O)([O-])C(F)(F)F. The normalized spacial score (nSPS) is 14.5. The first-order valence-electron chi connectivity index (χ1n) is 10.6. The molecule has 4 rings (SSSR count). The molecule has 1 aliphatic rings. The lowest BCUT2D eigenvalue weighted by molar-refractivity contribution is -0.665. The van der Waals surface area contributed by atoms with Gasteiger partial charge in [-0.2, -0.15) is 17.7 Å². The zero-order valence-corrected chi connectivity index (χ0v) is 20.3. The number of aryl methyl sites for hydroxylation is 1. The fourth-order valence-electron chi connectivity index (χ4n) is 3.67. The van der Waals surface area contributed by atoms with Crippen molar-refractivity contribution in [2.24, 2.45) is 0 Å². The third-order valence-electron chi connectivity index (χ3n) is 5.31. The van der Waals surface area contributed by atoms with E-state index in [2.05, 4.69) is 64.9 Å². The number of benzene rings is 2. The van der Waals surface area contributed by atoms with E-state index < -0.39 is 15.6 Å². The van der Waals surface area contributed by atoms with E-state index in [1.807, 2.05) is 17.4 Å². The largest absolute Gasteiger partial charge is 0.741 e. The highest BCUT2D eigenvalue weighted by Crippen LogP contribution is 2.29. The van der Waals surface area contributed by atoms with Crippen LogP contribution in [-0.4, -0.2) is 38.7 Å². The number of halogens is 3. The summed E-state index contributed by atoms with van der Waals surface area (Å²) in [7, 11) is -4.35. The zero-order valence-electron chi connectivity index (χ0n) is 18.7. The third kappa shape index (κ3) is 6.08. The second-order valence-electron chi connectivity index (χ2n) is 7.51. The maximum Gasteiger partial charge on any atom is 0.485 e. The Balaban J connectivity index is 0.000000350. The summed E-state index contributed by atoms with van der Waals surface area (Å²) in [4.78, 5) is 2.47. The molecular formula is C23H25F3N2O4S2. The molecule has 2 heterocycles. The molecule has 0 amide bonds. The van der Waals surface area contributed by atoms with Crippen LogP contribution in [0.4, 0.5) is 18.9 Å². The number of rotatable bonds is 5. The standard InChI is InChI=1S/C22H25N2OS.CHF3O3S/c1-3-24-21(26-20-8-6-7-19(25-2)22(20)24)14-11-17-9-12-18(13-10-17)23-15-4-5-16-23;2-1(3,4)8(5,6)7/h6-14H,3-5,15-16H2,1-2H3;(H,5,6,7)/q+1;/p-1. The molecule has 2 aromatic carbocycles. The number of ether oxygens (including phenoxy) is 1. The van der Waals surface area contributed by atoms with Gasteiger partial charge in [-0.05, 0) is 55.7 Å². The summed E-state index contributed by atoms with van der Waals surface area (Å²) < 4.78 is 68.1. The number of thiazole rings is 1. The first-order valence-corrected chi connectivity index (χ1v) is 12.8. The molecule has 3 aromatic rings. The minimum absolute atomic E-state index is 0.925. The minimum atomic E-state index is -6.09. The van der Waals surface area contributed by atoms with Crippen LogP contribution in [0.25, 0.3) is 22.4 Å². The smallest absolute Gasteiger partial charge is 0.485 e. The fourth-order valence-corrected chi connectivity index (χ4v) is 4.82. The molecule has 6 nitrogen and oxygen atoms in total. The van der Waals surface area contributed by atoms with E-state index in [0.717, 1.165) is 12.3 Å². The Morgan fingerprint density at radius 2 is 1.74 bits per heavy atom. The first kappa shape index (κ1) is 26.0. The topological polar surface area (TPSA) is 73.5 Å². The van der Waals surface area contributed by atoms with Gasteiger partial charge in [-0.1, -0.05) is 29.5 Å². The second kappa shape index (κ2) is 10.7. The summed E-state index contributed by atoms with van der Waals surface area (Å²) in [5.74, 6) is 0.940. The van der Waals surface area contributed by atoms with Crippen molar-refractivity contribution in [3.05, 3.63) is 53.0 Å². The van der Waals surface area contributed by atoms with E-state index in [1.165, 1.54) is 52.4 Å². The van der Waals surface area contributed by atoms with Gasteiger partial charge in [-0.15, -0.1) is 0 Å². The van der Waals surface area contributed by atoms with Gasteiger partial charge >= 0.3 is 5.51 Å². The van der Waals surface area contributed by atoms with Gasteiger partial charge in [0.2, 0.25) is 0 Å². The van der Waals surface area contributed by atoms with Crippen LogP contribution in [0.5, 0.6) is 5.75 Å². The van der Waals surface area contributed by atoms with Gasteiger partial charge in [0.15, 0.2) is 15.9 Å². The molecular weight excluding hydrogens is 489 g/mol. The number of methoxy groups -OCH3 is 1. The molecule has 1 saturated heterocycles. The highest BCUT2D eigenvalue weighted by molar-refractivity contribution is 7.86. The van der Waals surface area contributed by atoms with E-state index >= 15 is 0 Å². The maximum atomic E-state index is 10.7. The molecule has 34 heavy (non-hydrogen) atoms. The summed E-state index contributed by atoms with van der Waals surface area (Å²) in [6.45, 7) is 5.49. The van der Waals surface area contributed by atoms with E-state index in [1.54, 1.807) is 7.11 Å². The van der Waals surface area contributed by atoms with Crippen molar-refractivity contribution in [1.29, 1.82) is 0 Å². The zero-order chi connectivity index (χ0) is 24.9. The average molecular weight is 515 g/mol. The van der Waals surface area contributed by atoms with Crippen molar-refractivity contribution >= 4 is 49.5 Å². The Kier molecular flexibility index (Phi) is 8.21. The summed E-state index contributed by atoms with van der Waals surface area (Å²) >= 11 is 1.81. The number of hydrogen-bond donors (Lipinski definition) is 0. The quantitative estimate of drug-likeness (QED) is 0.271. The summed E-state index contributed by atoms with van der Waals surface area (Å²) in [6, 6.07) is 15.2. The first-order chi connectivity index (χ1) is 16.0. The number of para-hydroxylation sites is 1. The highest BCUT2D eigenvalue weighted by Gasteiger charge is 2.36. The van der Waals surface area contributed by atoms with Crippen molar-refractivity contribution in [2.45, 2.75) is 31.8 Å². The van der Waals surface area contributed by atoms with Crippen LogP contribution in [0, 0.1) is 0 Å². The Morgan fingerprint density at radius 3 is 2.26 bits per heavy atom. The molecule has 0 aliphatic carbocycles. The van der Waals surface area contributed by atoms with Crippen LogP contribution >= 0.6 is 11.3 Å². The summed E-state index contributed by atoms with van der Waals surface area (Å²) in [5.41, 5.74) is -1.88. The van der Waals surface area contributed by atoms with Gasteiger partial charge in [-0.3, -0.25) is 0 Å². The molecule has 0 N–H and O–H groups in total. The highest BCUT2D eigenvalue weighted by atomic mass is 32.2. The molecule has 0 unspecified atom stereocenters. The van der Waals surface area contributed by atoms with Gasteiger partial charge in [0.25, 0.3) is 10.5 Å². The molecule has 0 saturated carbocycles. The summed E-state index contributed by atoms with van der Waals surface area (Å²) in [6.07, 6.45) is 7.05. The molecule has 0 radical (unpaired) electrons. The molecule has 0 bridgehead atoms. The van der Waals surface area contributed by atoms with Gasteiger partial charge in [0.1, 0.15) is 11.2 Å². The lowest BCUT2D eigenvalue weighted by atomic mass is 10.2. The van der Waals surface area contributed by atoms with Crippen molar-refractivity contribution in [3.8, 4) is 5.75 Å². The van der Waals surface area contributed by atoms with E-state index in [-0.39, 0.29) is 0 Å². The van der Waals surface area contributed by atoms with Gasteiger partial charge in [0, 0.05) is 24.9 Å². The second-order valence-corrected chi connectivity index (χ2v) is 9.94. The molecule has 1 aromatic heterocycles. The number of nitrogens with zero attached hydrogens (tertiary/aromatic N) is 2. The predicted octanol–water partition coefficient (Wildman–Crippen LogP) is 5.04. The van der Waals surface area contributed by atoms with Crippen molar-refractivity contribution < 1.29 is 35.4 Å². The molecule has 0 spiro atoms. The third-order valence-corrected chi connectivity index (χ3v) is 7.00. The number of fused-ring (bicyclic) bond motifs is 1. The Hall–Kier alpha value is -2.63. The maximum absolute atomic E-state index is 10.7. The van der Waals surface area contributed by atoms with Crippen LogP contribution in [0.2, 0.25) is 0 Å². The number of hydrogen-bond acceptors (Lipinski definition) is 6. The Morgan fingerprint density at radius 1 is 1.12 bits per heavy atom. The Bertz CT molecular complexity index is 1250. The fraction of sp³-hybridized carbons (Fsp3) is 0.348.